The van der Waals surface area contributed by atoms with Gasteiger partial charge >= 0.3 is 0 Å². The number of benzene rings is 1. The van der Waals surface area contributed by atoms with Crippen LogP contribution in [0.2, 0.25) is 0 Å². The fourth-order valence-corrected chi connectivity index (χ4v) is 3.52. The van der Waals surface area contributed by atoms with E-state index in [-0.39, 0.29) is 16.9 Å². The van der Waals surface area contributed by atoms with Crippen LogP contribution in [0.5, 0.6) is 5.88 Å². The molecule has 0 radical (unpaired) electrons. The van der Waals surface area contributed by atoms with Gasteiger partial charge in [0.25, 0.3) is 5.88 Å². The molecule has 4 aromatic rings. The average Bonchev–Trinajstić information content (AvgIpc) is 3.12. The van der Waals surface area contributed by atoms with Crippen LogP contribution >= 0.6 is 0 Å². The molecule has 1 aromatic carbocycles. The third kappa shape index (κ3) is 4.24. The van der Waals surface area contributed by atoms with Crippen molar-refractivity contribution in [3.8, 4) is 28.5 Å². The molecule has 0 atom stereocenters. The number of ether oxygens (including phenoxy) is 1. The molecule has 31 heavy (non-hydrogen) atoms. The standard InChI is InChI=1S/C21H20FN5O3S/c1-13(2)12-30-20-19-26-17(14-4-6-15(22)7-5-14)18(27(19)11-10-23-20)16-8-9-24-21(25-16)31(3,28)29/h4-11,13H,12H2,1-3H3. The van der Waals surface area contributed by atoms with E-state index in [4.69, 9.17) is 9.72 Å². The molecule has 8 nitrogen and oxygen atoms in total. The summed E-state index contributed by atoms with van der Waals surface area (Å²) in [6.07, 6.45) is 5.68. The number of sulfone groups is 1. The van der Waals surface area contributed by atoms with E-state index >= 15 is 0 Å². The molecule has 0 saturated heterocycles. The van der Waals surface area contributed by atoms with E-state index in [2.05, 4.69) is 15.0 Å². The molecule has 160 valence electrons. The van der Waals surface area contributed by atoms with E-state index in [1.54, 1.807) is 35.0 Å². The smallest absolute Gasteiger partial charge is 0.258 e. The second-order valence-electron chi connectivity index (χ2n) is 7.44. The monoisotopic (exact) mass is 441 g/mol. The number of imidazole rings is 1. The SMILES string of the molecule is CC(C)COc1nccn2c(-c3ccnc(S(C)(=O)=O)n3)c(-c3ccc(F)cc3)nc12. The summed E-state index contributed by atoms with van der Waals surface area (Å²) in [7, 11) is -3.62. The summed E-state index contributed by atoms with van der Waals surface area (Å²) in [5.41, 5.74) is 2.43. The summed E-state index contributed by atoms with van der Waals surface area (Å²) in [6, 6.07) is 7.46. The zero-order chi connectivity index (χ0) is 22.2. The Bertz CT molecular complexity index is 1350. The molecule has 0 saturated carbocycles. The highest BCUT2D eigenvalue weighted by Gasteiger charge is 2.22. The lowest BCUT2D eigenvalue weighted by Gasteiger charge is -2.09. The van der Waals surface area contributed by atoms with Gasteiger partial charge in [0, 0.05) is 30.4 Å². The van der Waals surface area contributed by atoms with Crippen LogP contribution in [0.1, 0.15) is 13.8 Å². The largest absolute Gasteiger partial charge is 0.475 e. The zero-order valence-corrected chi connectivity index (χ0v) is 18.0. The molecule has 4 rings (SSSR count). The van der Waals surface area contributed by atoms with Gasteiger partial charge in [-0.05, 0) is 36.2 Å². The van der Waals surface area contributed by atoms with Gasteiger partial charge in [-0.1, -0.05) is 13.8 Å². The fourth-order valence-electron chi connectivity index (χ4n) is 3.01. The van der Waals surface area contributed by atoms with Gasteiger partial charge in [0.2, 0.25) is 20.6 Å². The summed E-state index contributed by atoms with van der Waals surface area (Å²) in [4.78, 5) is 17.1. The minimum atomic E-state index is -3.62. The lowest BCUT2D eigenvalue weighted by atomic mass is 10.1. The van der Waals surface area contributed by atoms with Crippen LogP contribution in [-0.2, 0) is 9.84 Å². The maximum absolute atomic E-state index is 13.5. The predicted octanol–water partition coefficient (Wildman–Crippen LogP) is 3.43. The fraction of sp³-hybridized carbons (Fsp3) is 0.238. The quantitative estimate of drug-likeness (QED) is 0.423. The van der Waals surface area contributed by atoms with E-state index < -0.39 is 9.84 Å². The van der Waals surface area contributed by atoms with Gasteiger partial charge in [0.15, 0.2) is 0 Å². The molecule has 3 heterocycles. The molecule has 3 aromatic heterocycles. The Labute approximate surface area is 178 Å². The number of fused-ring (bicyclic) bond motifs is 1. The summed E-state index contributed by atoms with van der Waals surface area (Å²) < 4.78 is 45.1. The van der Waals surface area contributed by atoms with Crippen molar-refractivity contribution in [2.45, 2.75) is 19.0 Å². The van der Waals surface area contributed by atoms with Gasteiger partial charge in [0.05, 0.1) is 23.7 Å². The van der Waals surface area contributed by atoms with E-state index in [1.807, 2.05) is 13.8 Å². The average molecular weight is 441 g/mol. The van der Waals surface area contributed by atoms with Crippen molar-refractivity contribution in [1.29, 1.82) is 0 Å². The van der Waals surface area contributed by atoms with Crippen molar-refractivity contribution < 1.29 is 17.5 Å². The maximum Gasteiger partial charge on any atom is 0.258 e. The van der Waals surface area contributed by atoms with Crippen molar-refractivity contribution in [3.05, 3.63) is 54.7 Å². The Morgan fingerprint density at radius 1 is 1.06 bits per heavy atom. The molecule has 10 heteroatoms. The molecule has 0 aliphatic rings. The Balaban J connectivity index is 1.99. The Morgan fingerprint density at radius 2 is 1.81 bits per heavy atom. The van der Waals surface area contributed by atoms with Gasteiger partial charge in [-0.25, -0.2) is 32.7 Å². The first-order valence-corrected chi connectivity index (χ1v) is 11.4. The van der Waals surface area contributed by atoms with Gasteiger partial charge in [0.1, 0.15) is 5.82 Å². The molecule has 0 amide bonds. The third-order valence-corrected chi connectivity index (χ3v) is 5.25. The maximum atomic E-state index is 13.5. The molecular weight excluding hydrogens is 421 g/mol. The van der Waals surface area contributed by atoms with Crippen molar-refractivity contribution in [2.24, 2.45) is 5.92 Å². The molecule has 0 N–H and O–H groups in total. The first-order chi connectivity index (χ1) is 14.7. The van der Waals surface area contributed by atoms with E-state index in [0.29, 0.717) is 40.8 Å². The molecule has 0 bridgehead atoms. The van der Waals surface area contributed by atoms with Crippen LogP contribution in [-0.4, -0.2) is 45.6 Å². The number of nitrogens with zero attached hydrogens (tertiary/aromatic N) is 5. The number of hydrogen-bond donors (Lipinski definition) is 0. The van der Waals surface area contributed by atoms with Crippen molar-refractivity contribution in [2.75, 3.05) is 12.9 Å². The summed E-state index contributed by atoms with van der Waals surface area (Å²) in [5, 5.41) is -0.296. The highest BCUT2D eigenvalue weighted by atomic mass is 32.2. The summed E-state index contributed by atoms with van der Waals surface area (Å²) >= 11 is 0. The second-order valence-corrected chi connectivity index (χ2v) is 9.35. The highest BCUT2D eigenvalue weighted by Crippen LogP contribution is 2.34. The van der Waals surface area contributed by atoms with Crippen molar-refractivity contribution in [3.63, 3.8) is 0 Å². The second kappa shape index (κ2) is 8.03. The van der Waals surface area contributed by atoms with Crippen LogP contribution in [0, 0.1) is 11.7 Å². The first-order valence-electron chi connectivity index (χ1n) is 9.53. The minimum Gasteiger partial charge on any atom is -0.475 e. The number of rotatable bonds is 6. The highest BCUT2D eigenvalue weighted by molar-refractivity contribution is 7.90. The van der Waals surface area contributed by atoms with Crippen molar-refractivity contribution in [1.82, 2.24) is 24.3 Å². The minimum absolute atomic E-state index is 0.284. The molecular formula is C21H20FN5O3S. The number of aromatic nitrogens is 5. The Morgan fingerprint density at radius 3 is 2.48 bits per heavy atom. The Hall–Kier alpha value is -3.40. The van der Waals surface area contributed by atoms with E-state index in [1.165, 1.54) is 18.3 Å². The normalized spacial score (nSPS) is 11.9. The van der Waals surface area contributed by atoms with Gasteiger partial charge < -0.3 is 4.74 Å². The molecule has 0 unspecified atom stereocenters. The number of hydrogen-bond acceptors (Lipinski definition) is 7. The predicted molar refractivity (Wildman–Crippen MR) is 113 cm³/mol. The summed E-state index contributed by atoms with van der Waals surface area (Å²) in [5.74, 6) is 0.244. The lowest BCUT2D eigenvalue weighted by molar-refractivity contribution is 0.263. The van der Waals surface area contributed by atoms with Gasteiger partial charge in [-0.15, -0.1) is 0 Å². The molecule has 0 aliphatic heterocycles. The molecule has 0 fully saturated rings. The first kappa shape index (κ1) is 20.9. The molecule has 0 spiro atoms. The van der Waals surface area contributed by atoms with E-state index in [0.717, 1.165) is 6.26 Å². The van der Waals surface area contributed by atoms with Gasteiger partial charge in [-0.2, -0.15) is 0 Å². The Kier molecular flexibility index (Phi) is 5.40. The van der Waals surface area contributed by atoms with Crippen LogP contribution in [0.25, 0.3) is 28.3 Å². The van der Waals surface area contributed by atoms with E-state index in [9.17, 15) is 12.8 Å². The van der Waals surface area contributed by atoms with Crippen LogP contribution in [0.15, 0.2) is 54.1 Å². The van der Waals surface area contributed by atoms with Crippen LogP contribution < -0.4 is 4.74 Å². The van der Waals surface area contributed by atoms with Crippen LogP contribution in [0.3, 0.4) is 0 Å². The molecule has 0 aliphatic carbocycles. The topological polar surface area (TPSA) is 99.3 Å². The number of halogens is 1. The summed E-state index contributed by atoms with van der Waals surface area (Å²) in [6.45, 7) is 4.50. The van der Waals surface area contributed by atoms with Gasteiger partial charge in [-0.3, -0.25) is 4.40 Å². The lowest BCUT2D eigenvalue weighted by Crippen LogP contribution is -2.07. The van der Waals surface area contributed by atoms with Crippen molar-refractivity contribution >= 4 is 15.5 Å². The van der Waals surface area contributed by atoms with Crippen LogP contribution in [0.4, 0.5) is 4.39 Å². The zero-order valence-electron chi connectivity index (χ0n) is 17.2. The third-order valence-electron chi connectivity index (χ3n) is 4.39.